The molecule has 1 saturated heterocycles. The van der Waals surface area contributed by atoms with Gasteiger partial charge in [0.15, 0.2) is 0 Å². The van der Waals surface area contributed by atoms with Crippen LogP contribution in [-0.4, -0.2) is 37.4 Å². The number of nitrogens with zero attached hydrogens (tertiary/aromatic N) is 1. The van der Waals surface area contributed by atoms with Crippen LogP contribution in [0.4, 0.5) is 0 Å². The third kappa shape index (κ3) is 2.51. The van der Waals surface area contributed by atoms with Crippen LogP contribution in [0.3, 0.4) is 0 Å². The Balaban J connectivity index is 1.59. The Morgan fingerprint density at radius 1 is 0.864 bits per heavy atom. The van der Waals surface area contributed by atoms with Crippen molar-refractivity contribution in [1.29, 1.82) is 0 Å². The van der Waals surface area contributed by atoms with Gasteiger partial charge in [0.25, 0.3) is 0 Å². The van der Waals surface area contributed by atoms with Gasteiger partial charge >= 0.3 is 0 Å². The molecule has 0 amide bonds. The van der Waals surface area contributed by atoms with Crippen molar-refractivity contribution in [1.82, 2.24) is 4.57 Å². The van der Waals surface area contributed by atoms with E-state index >= 15 is 0 Å². The Morgan fingerprint density at radius 3 is 2.09 bits per heavy atom. The van der Waals surface area contributed by atoms with Gasteiger partial charge in [0, 0.05) is 34.8 Å². The van der Waals surface area contributed by atoms with Crippen LogP contribution in [0.25, 0.3) is 21.8 Å². The first-order valence-electron chi connectivity index (χ1n) is 8.31. The van der Waals surface area contributed by atoms with Crippen molar-refractivity contribution < 1.29 is 9.64 Å². The Bertz CT molecular complexity index is 718. The lowest BCUT2D eigenvalue weighted by Crippen LogP contribution is -3.14. The zero-order valence-electron chi connectivity index (χ0n) is 12.9. The maximum atomic E-state index is 5.44. The van der Waals surface area contributed by atoms with Crippen molar-refractivity contribution in [2.24, 2.45) is 0 Å². The van der Waals surface area contributed by atoms with E-state index < -0.39 is 0 Å². The second kappa shape index (κ2) is 6.11. The van der Waals surface area contributed by atoms with Crippen LogP contribution in [-0.2, 0) is 11.3 Å². The highest BCUT2D eigenvalue weighted by atomic mass is 16.5. The summed E-state index contributed by atoms with van der Waals surface area (Å²) >= 11 is 0. The highest BCUT2D eigenvalue weighted by molar-refractivity contribution is 6.07. The molecule has 2 aromatic carbocycles. The van der Waals surface area contributed by atoms with Crippen molar-refractivity contribution in [3.8, 4) is 0 Å². The summed E-state index contributed by atoms with van der Waals surface area (Å²) in [5.74, 6) is 0. The van der Waals surface area contributed by atoms with Gasteiger partial charge in [-0.05, 0) is 12.1 Å². The Morgan fingerprint density at radius 2 is 1.45 bits per heavy atom. The van der Waals surface area contributed by atoms with E-state index in [0.717, 1.165) is 32.8 Å². The normalized spacial score (nSPS) is 16.5. The van der Waals surface area contributed by atoms with E-state index in [1.807, 2.05) is 0 Å². The molecule has 0 bridgehead atoms. The summed E-state index contributed by atoms with van der Waals surface area (Å²) in [6.07, 6.45) is 1.22. The minimum atomic E-state index is 0.921. The molecule has 114 valence electrons. The molecule has 0 atom stereocenters. The number of hydrogen-bond acceptors (Lipinski definition) is 1. The largest absolute Gasteiger partial charge is 0.370 e. The zero-order valence-corrected chi connectivity index (χ0v) is 12.9. The number of morpholine rings is 1. The molecule has 0 unspecified atom stereocenters. The van der Waals surface area contributed by atoms with Crippen molar-refractivity contribution in [2.75, 3.05) is 32.8 Å². The van der Waals surface area contributed by atoms with Gasteiger partial charge in [-0.2, -0.15) is 0 Å². The number of fused-ring (bicyclic) bond motifs is 3. The third-order valence-corrected chi connectivity index (χ3v) is 4.79. The molecule has 0 spiro atoms. The number of rotatable bonds is 4. The van der Waals surface area contributed by atoms with E-state index in [-0.39, 0.29) is 0 Å². The number of benzene rings is 2. The van der Waals surface area contributed by atoms with Gasteiger partial charge in [-0.1, -0.05) is 36.4 Å². The smallest absolute Gasteiger partial charge is 0.101 e. The minimum absolute atomic E-state index is 0.921. The number of aryl methyl sites for hydroxylation is 1. The standard InChI is InChI=1S/C19H22N2O/c1-3-8-18-16(6-1)17-7-2-4-9-19(17)21(18)11-5-10-20-12-14-22-15-13-20/h1-4,6-9H,5,10-15H2/p+1. The average Bonchev–Trinajstić information content (AvgIpc) is 2.91. The van der Waals surface area contributed by atoms with Gasteiger partial charge in [0.2, 0.25) is 0 Å². The molecule has 2 heterocycles. The van der Waals surface area contributed by atoms with Gasteiger partial charge in [-0.3, -0.25) is 0 Å². The molecule has 0 radical (unpaired) electrons. The molecule has 1 aromatic heterocycles. The van der Waals surface area contributed by atoms with E-state index in [1.54, 1.807) is 4.90 Å². The van der Waals surface area contributed by atoms with Crippen molar-refractivity contribution in [3.63, 3.8) is 0 Å². The molecule has 3 aromatic rings. The fraction of sp³-hybridized carbons (Fsp3) is 0.368. The first-order valence-corrected chi connectivity index (χ1v) is 8.31. The van der Waals surface area contributed by atoms with Crippen LogP contribution in [0.15, 0.2) is 48.5 Å². The van der Waals surface area contributed by atoms with E-state index in [4.69, 9.17) is 4.74 Å². The van der Waals surface area contributed by atoms with E-state index in [9.17, 15) is 0 Å². The van der Waals surface area contributed by atoms with Gasteiger partial charge in [-0.15, -0.1) is 0 Å². The Kier molecular flexibility index (Phi) is 3.83. The molecule has 3 nitrogen and oxygen atoms in total. The van der Waals surface area contributed by atoms with Gasteiger partial charge in [0.1, 0.15) is 13.1 Å². The first kappa shape index (κ1) is 13.8. The van der Waals surface area contributed by atoms with Crippen LogP contribution >= 0.6 is 0 Å². The number of hydrogen-bond donors (Lipinski definition) is 1. The third-order valence-electron chi connectivity index (χ3n) is 4.79. The van der Waals surface area contributed by atoms with Crippen LogP contribution < -0.4 is 4.90 Å². The quantitative estimate of drug-likeness (QED) is 0.781. The number of para-hydroxylation sites is 2. The molecular weight excluding hydrogens is 272 g/mol. The van der Waals surface area contributed by atoms with Crippen LogP contribution in [0.1, 0.15) is 6.42 Å². The summed E-state index contributed by atoms with van der Waals surface area (Å²) in [7, 11) is 0. The number of aromatic nitrogens is 1. The molecule has 0 aliphatic carbocycles. The monoisotopic (exact) mass is 295 g/mol. The number of nitrogens with one attached hydrogen (secondary N) is 1. The zero-order chi connectivity index (χ0) is 14.8. The molecule has 1 aliphatic rings. The SMILES string of the molecule is c1ccc2c(c1)c1ccccc1n2CCC[NH+]1CCOCC1. The van der Waals surface area contributed by atoms with Gasteiger partial charge in [0.05, 0.1) is 19.8 Å². The second-order valence-corrected chi connectivity index (χ2v) is 6.15. The minimum Gasteiger partial charge on any atom is -0.370 e. The summed E-state index contributed by atoms with van der Waals surface area (Å²) in [4.78, 5) is 1.69. The summed E-state index contributed by atoms with van der Waals surface area (Å²) in [5, 5.41) is 2.74. The lowest BCUT2D eigenvalue weighted by atomic mass is 10.2. The van der Waals surface area contributed by atoms with Gasteiger partial charge < -0.3 is 14.2 Å². The van der Waals surface area contributed by atoms with Crippen molar-refractivity contribution in [3.05, 3.63) is 48.5 Å². The maximum absolute atomic E-state index is 5.44. The molecular formula is C19H23N2O+. The second-order valence-electron chi connectivity index (χ2n) is 6.15. The summed E-state index contributed by atoms with van der Waals surface area (Å²) < 4.78 is 7.93. The topological polar surface area (TPSA) is 18.6 Å². The molecule has 1 fully saturated rings. The summed E-state index contributed by atoms with van der Waals surface area (Å²) in [5.41, 5.74) is 2.72. The Hall–Kier alpha value is -1.84. The van der Waals surface area contributed by atoms with E-state index in [1.165, 1.54) is 34.8 Å². The Labute approximate surface area is 131 Å². The highest BCUT2D eigenvalue weighted by Gasteiger charge is 2.14. The maximum Gasteiger partial charge on any atom is 0.101 e. The predicted octanol–water partition coefficient (Wildman–Crippen LogP) is 2.10. The number of ether oxygens (including phenoxy) is 1. The summed E-state index contributed by atoms with van der Waals surface area (Å²) in [6.45, 7) is 6.50. The van der Waals surface area contributed by atoms with Crippen LogP contribution in [0.2, 0.25) is 0 Å². The fourth-order valence-corrected chi connectivity index (χ4v) is 3.64. The highest BCUT2D eigenvalue weighted by Crippen LogP contribution is 2.28. The lowest BCUT2D eigenvalue weighted by Gasteiger charge is -2.23. The van der Waals surface area contributed by atoms with E-state index in [0.29, 0.717) is 0 Å². The molecule has 3 heteroatoms. The van der Waals surface area contributed by atoms with Crippen LogP contribution in [0, 0.1) is 0 Å². The lowest BCUT2D eigenvalue weighted by molar-refractivity contribution is -0.908. The van der Waals surface area contributed by atoms with Crippen molar-refractivity contribution >= 4 is 21.8 Å². The van der Waals surface area contributed by atoms with E-state index in [2.05, 4.69) is 53.1 Å². The number of quaternary nitrogens is 1. The van der Waals surface area contributed by atoms with Gasteiger partial charge in [-0.25, -0.2) is 0 Å². The van der Waals surface area contributed by atoms with Crippen molar-refractivity contribution in [2.45, 2.75) is 13.0 Å². The average molecular weight is 295 g/mol. The molecule has 4 rings (SSSR count). The molecule has 1 N–H and O–H groups in total. The first-order chi connectivity index (χ1) is 10.9. The predicted molar refractivity (Wildman–Crippen MR) is 90.4 cm³/mol. The molecule has 1 aliphatic heterocycles. The molecule has 22 heavy (non-hydrogen) atoms. The van der Waals surface area contributed by atoms with Crippen LogP contribution in [0.5, 0.6) is 0 Å². The fourth-order valence-electron chi connectivity index (χ4n) is 3.64. The summed E-state index contributed by atoms with van der Waals surface area (Å²) in [6, 6.07) is 17.5. The molecule has 0 saturated carbocycles.